The Morgan fingerprint density at radius 2 is 1.85 bits per heavy atom. The Balaban J connectivity index is 3.27. The van der Waals surface area contributed by atoms with Gasteiger partial charge >= 0.3 is 0 Å². The molecule has 0 heterocycles. The lowest BCUT2D eigenvalue weighted by Crippen LogP contribution is -2.09. The van der Waals surface area contributed by atoms with Crippen molar-refractivity contribution < 1.29 is 4.74 Å². The molecule has 0 aliphatic heterocycles. The number of anilines is 1. The van der Waals surface area contributed by atoms with Gasteiger partial charge in [0, 0.05) is 0 Å². The average Bonchev–Trinajstić information content (AvgIpc) is 2.42. The zero-order chi connectivity index (χ0) is 15.1. The van der Waals surface area contributed by atoms with Crippen LogP contribution in [0.3, 0.4) is 0 Å². The van der Waals surface area contributed by atoms with E-state index in [1.54, 1.807) is 36.4 Å². The molecule has 1 aromatic rings. The molecule has 0 amide bonds. The fourth-order valence-corrected chi connectivity index (χ4v) is 1.60. The van der Waals surface area contributed by atoms with E-state index in [9.17, 15) is 0 Å². The van der Waals surface area contributed by atoms with Gasteiger partial charge in [-0.15, -0.1) is 0 Å². The van der Waals surface area contributed by atoms with E-state index in [1.165, 1.54) is 0 Å². The van der Waals surface area contributed by atoms with Gasteiger partial charge in [0.05, 0.1) is 16.8 Å². The molecule has 1 rings (SSSR count). The van der Waals surface area contributed by atoms with Crippen LogP contribution in [0.4, 0.5) is 5.69 Å². The maximum absolute atomic E-state index is 9.02. The molecular weight excluding hydrogens is 276 g/mol. The summed E-state index contributed by atoms with van der Waals surface area (Å²) in [6, 6.07) is 10.1. The van der Waals surface area contributed by atoms with Gasteiger partial charge in [-0.2, -0.15) is 15.8 Å². The molecule has 0 fully saturated rings. The monoisotopic (exact) mass is 286 g/mol. The third-order valence-corrected chi connectivity index (χ3v) is 2.46. The van der Waals surface area contributed by atoms with Crippen molar-refractivity contribution in [1.82, 2.24) is 0 Å². The Labute approximate surface area is 122 Å². The molecule has 0 spiro atoms. The first kappa shape index (κ1) is 15.4. The second-order valence-corrected chi connectivity index (χ2v) is 4.40. The highest BCUT2D eigenvalue weighted by Crippen LogP contribution is 2.34. The predicted molar refractivity (Wildman–Crippen MR) is 74.7 cm³/mol. The summed E-state index contributed by atoms with van der Waals surface area (Å²) in [4.78, 5) is 0. The maximum atomic E-state index is 9.02. The van der Waals surface area contributed by atoms with E-state index >= 15 is 0 Å². The molecule has 0 saturated carbocycles. The number of rotatable bonds is 4. The van der Waals surface area contributed by atoms with E-state index in [0.29, 0.717) is 16.5 Å². The molecule has 0 unspecified atom stereocenters. The predicted octanol–water partition coefficient (Wildman–Crippen LogP) is 3.36. The third kappa shape index (κ3) is 3.65. The first-order valence-electron chi connectivity index (χ1n) is 5.70. The van der Waals surface area contributed by atoms with Crippen LogP contribution < -0.4 is 10.1 Å². The molecule has 1 aromatic carbocycles. The normalized spacial score (nSPS) is 9.05. The Morgan fingerprint density at radius 3 is 2.35 bits per heavy atom. The number of hydrogen-bond acceptors (Lipinski definition) is 5. The van der Waals surface area contributed by atoms with Crippen LogP contribution in [0.1, 0.15) is 13.8 Å². The lowest BCUT2D eigenvalue weighted by Gasteiger charge is -2.16. The second-order valence-electron chi connectivity index (χ2n) is 3.99. The highest BCUT2D eigenvalue weighted by Gasteiger charge is 2.13. The number of nitrogens with one attached hydrogen (secondary N) is 1. The van der Waals surface area contributed by atoms with Gasteiger partial charge in [-0.25, -0.2) is 0 Å². The van der Waals surface area contributed by atoms with E-state index in [-0.39, 0.29) is 17.4 Å². The van der Waals surface area contributed by atoms with Crippen molar-refractivity contribution in [3.63, 3.8) is 0 Å². The number of nitrogens with zero attached hydrogens (tertiary/aromatic N) is 3. The van der Waals surface area contributed by atoms with E-state index in [1.807, 2.05) is 13.8 Å². The average molecular weight is 287 g/mol. The van der Waals surface area contributed by atoms with Crippen LogP contribution in [0, 0.1) is 34.0 Å². The lowest BCUT2D eigenvalue weighted by atomic mass is 10.2. The van der Waals surface area contributed by atoms with Crippen LogP contribution in [0.15, 0.2) is 29.5 Å². The number of ether oxygens (including phenoxy) is 1. The van der Waals surface area contributed by atoms with E-state index in [2.05, 4.69) is 5.32 Å². The Morgan fingerprint density at radius 1 is 1.20 bits per heavy atom. The molecule has 0 saturated heterocycles. The quantitative estimate of drug-likeness (QED) is 0.857. The van der Waals surface area contributed by atoms with E-state index < -0.39 is 0 Å². The minimum absolute atomic E-state index is 0.114. The SMILES string of the molecule is CC(C)Oc1c(Cl)cccc1NC(C#N)=C(C#N)C#N. The van der Waals surface area contributed by atoms with Gasteiger partial charge in [-0.1, -0.05) is 17.7 Å². The topological polar surface area (TPSA) is 92.6 Å². The zero-order valence-corrected chi connectivity index (χ0v) is 11.7. The Bertz CT molecular complexity index is 643. The smallest absolute Gasteiger partial charge is 0.163 e. The molecule has 0 aliphatic carbocycles. The van der Waals surface area contributed by atoms with Crippen molar-refractivity contribution in [3.8, 4) is 24.0 Å². The molecule has 6 heteroatoms. The molecule has 20 heavy (non-hydrogen) atoms. The van der Waals surface area contributed by atoms with E-state index in [0.717, 1.165) is 0 Å². The molecule has 0 radical (unpaired) electrons. The summed E-state index contributed by atoms with van der Waals surface area (Å²) in [5.74, 6) is 0.368. The highest BCUT2D eigenvalue weighted by molar-refractivity contribution is 6.32. The van der Waals surface area contributed by atoms with Gasteiger partial charge in [0.1, 0.15) is 23.9 Å². The fourth-order valence-electron chi connectivity index (χ4n) is 1.38. The largest absolute Gasteiger partial charge is 0.487 e. The number of nitriles is 3. The summed E-state index contributed by atoms with van der Waals surface area (Å²) in [6.45, 7) is 3.67. The third-order valence-electron chi connectivity index (χ3n) is 2.17. The van der Waals surface area contributed by atoms with Crippen LogP contribution in [0.2, 0.25) is 5.02 Å². The maximum Gasteiger partial charge on any atom is 0.163 e. The van der Waals surface area contributed by atoms with Gasteiger partial charge in [0.15, 0.2) is 11.3 Å². The Kier molecular flexibility index (Phi) is 5.42. The van der Waals surface area contributed by atoms with E-state index in [4.69, 9.17) is 32.1 Å². The zero-order valence-electron chi connectivity index (χ0n) is 10.9. The summed E-state index contributed by atoms with van der Waals surface area (Å²) in [5.41, 5.74) is -0.0282. The van der Waals surface area contributed by atoms with Crippen molar-refractivity contribution >= 4 is 17.3 Å². The van der Waals surface area contributed by atoms with Gasteiger partial charge in [0.25, 0.3) is 0 Å². The summed E-state index contributed by atoms with van der Waals surface area (Å²) in [5, 5.41) is 29.7. The lowest BCUT2D eigenvalue weighted by molar-refractivity contribution is 0.244. The molecule has 0 atom stereocenters. The molecular formula is C14H11ClN4O. The number of hydrogen-bond donors (Lipinski definition) is 1. The van der Waals surface area contributed by atoms with Gasteiger partial charge < -0.3 is 10.1 Å². The first-order chi connectivity index (χ1) is 9.53. The molecule has 5 nitrogen and oxygen atoms in total. The van der Waals surface area contributed by atoms with Crippen molar-refractivity contribution in [2.24, 2.45) is 0 Å². The van der Waals surface area contributed by atoms with Crippen molar-refractivity contribution in [3.05, 3.63) is 34.5 Å². The highest BCUT2D eigenvalue weighted by atomic mass is 35.5. The molecule has 0 aromatic heterocycles. The van der Waals surface area contributed by atoms with Crippen LogP contribution in [0.25, 0.3) is 0 Å². The van der Waals surface area contributed by atoms with Crippen molar-refractivity contribution in [2.45, 2.75) is 20.0 Å². The first-order valence-corrected chi connectivity index (χ1v) is 6.08. The van der Waals surface area contributed by atoms with Crippen LogP contribution in [-0.2, 0) is 0 Å². The Hall–Kier alpha value is -2.68. The summed E-state index contributed by atoms with van der Waals surface area (Å²) in [6.07, 6.45) is -0.114. The second kappa shape index (κ2) is 7.04. The standard InChI is InChI=1S/C14H11ClN4O/c1-9(2)20-14-11(15)4-3-5-12(14)19-13(8-18)10(6-16)7-17/h3-5,9,19H,1-2H3. The minimum Gasteiger partial charge on any atom is -0.487 e. The van der Waals surface area contributed by atoms with Gasteiger partial charge in [-0.3, -0.25) is 0 Å². The van der Waals surface area contributed by atoms with Crippen molar-refractivity contribution in [1.29, 1.82) is 15.8 Å². The molecule has 1 N–H and O–H groups in total. The molecule has 100 valence electrons. The van der Waals surface area contributed by atoms with Crippen LogP contribution in [0.5, 0.6) is 5.75 Å². The number of allylic oxidation sites excluding steroid dienone is 2. The molecule has 0 aliphatic rings. The van der Waals surface area contributed by atoms with Crippen LogP contribution in [-0.4, -0.2) is 6.10 Å². The number of benzene rings is 1. The number of halogens is 1. The van der Waals surface area contributed by atoms with Gasteiger partial charge in [-0.05, 0) is 26.0 Å². The minimum atomic E-state index is -0.303. The molecule has 0 bridgehead atoms. The summed E-state index contributed by atoms with van der Waals surface area (Å²) >= 11 is 6.05. The van der Waals surface area contributed by atoms with Crippen molar-refractivity contribution in [2.75, 3.05) is 5.32 Å². The number of para-hydroxylation sites is 1. The summed E-state index contributed by atoms with van der Waals surface area (Å²) in [7, 11) is 0. The van der Waals surface area contributed by atoms with Crippen LogP contribution >= 0.6 is 11.6 Å². The fraction of sp³-hybridized carbons (Fsp3) is 0.214. The van der Waals surface area contributed by atoms with Gasteiger partial charge in [0.2, 0.25) is 0 Å². The summed E-state index contributed by atoms with van der Waals surface area (Å²) < 4.78 is 5.58.